The molecule has 0 aromatic heterocycles. The summed E-state index contributed by atoms with van der Waals surface area (Å²) in [5.41, 5.74) is -2.01. The van der Waals surface area contributed by atoms with Gasteiger partial charge in [0.1, 0.15) is 0 Å². The highest BCUT2D eigenvalue weighted by atomic mass is 16.7. The molecule has 5 fully saturated rings. The number of esters is 1. The first-order valence-corrected chi connectivity index (χ1v) is 22.2. The number of Topliss-reactive ketones (excluding diaryl/α,β-unsaturated/α-hetero) is 2. The van der Waals surface area contributed by atoms with E-state index in [1.165, 1.54) is 0 Å². The van der Waals surface area contributed by atoms with Crippen LogP contribution in [0.1, 0.15) is 111 Å². The molecule has 12 atom stereocenters. The molecule has 0 aromatic carbocycles. The smallest absolute Gasteiger partial charge is 0.350 e. The maximum Gasteiger partial charge on any atom is 0.350 e. The van der Waals surface area contributed by atoms with Crippen LogP contribution in [0.3, 0.4) is 0 Å². The van der Waals surface area contributed by atoms with E-state index < -0.39 is 29.0 Å². The molecular weight excluding hydrogens is 705 g/mol. The highest BCUT2D eigenvalue weighted by Crippen LogP contribution is 2.64. The number of hydrogen-bond donors (Lipinski definition) is 5. The quantitative estimate of drug-likeness (QED) is 0.0438. The van der Waals surface area contributed by atoms with Crippen molar-refractivity contribution >= 4 is 17.5 Å². The molecular formula is C46H70N4O6. The first kappa shape index (κ1) is 41.7. The van der Waals surface area contributed by atoms with Crippen LogP contribution in [-0.2, 0) is 23.9 Å². The van der Waals surface area contributed by atoms with Crippen LogP contribution in [0.2, 0.25) is 0 Å². The van der Waals surface area contributed by atoms with Crippen LogP contribution in [-0.4, -0.2) is 86.1 Å². The predicted molar refractivity (Wildman–Crippen MR) is 218 cm³/mol. The standard InChI is InChI=1S/C46H70N4O6/c1-5-48-38-24-33-13-8-7-12-32(33)23-35(38)28-55-43(54)46-42(53)40-34(25-44(3)19-9-6-10-20-44)14-11-15-37(40)41(52)45(46,56-46)26-36(27-51)30(2)16-17-31-18-21-49-39(22-31)50-29-47-4/h6,8-10,13,19,31-35,37-40,47-51H,5,7,11-12,14-18,20-29H2,1-4H3. The molecule has 0 spiro atoms. The number of rotatable bonds is 16. The molecule has 10 heteroatoms. The average molecular weight is 775 g/mol. The van der Waals surface area contributed by atoms with E-state index in [2.05, 4.69) is 71.6 Å². The molecule has 7 rings (SSSR count). The van der Waals surface area contributed by atoms with Gasteiger partial charge in [-0.25, -0.2) is 4.79 Å². The molecule has 5 N–H and O–H groups in total. The van der Waals surface area contributed by atoms with Gasteiger partial charge >= 0.3 is 5.97 Å². The van der Waals surface area contributed by atoms with Crippen LogP contribution in [0.15, 0.2) is 47.6 Å². The maximum absolute atomic E-state index is 15.2. The van der Waals surface area contributed by atoms with Gasteiger partial charge in [-0.05, 0) is 139 Å². The summed E-state index contributed by atoms with van der Waals surface area (Å²) in [5.74, 6) is -0.482. The minimum absolute atomic E-state index is 0.0306. The molecule has 5 aliphatic carbocycles. The van der Waals surface area contributed by atoms with E-state index >= 15 is 9.59 Å². The van der Waals surface area contributed by atoms with Gasteiger partial charge in [-0.1, -0.05) is 62.3 Å². The third-order valence-electron chi connectivity index (χ3n) is 15.1. The van der Waals surface area contributed by atoms with Crippen molar-refractivity contribution in [2.24, 2.45) is 46.8 Å². The molecule has 0 aromatic rings. The molecule has 2 aliphatic heterocycles. The fraction of sp³-hybridized carbons (Fsp3) is 0.761. The van der Waals surface area contributed by atoms with Gasteiger partial charge in [0.05, 0.1) is 19.4 Å². The SMILES string of the molecule is CCNC1CC2C=CCCC2CC1COC(=O)C12OC1(CC(CO)=C(C)CCC1CCNC(NCNC)C1)C(=O)C1CCCC(CC3(C)C=CC=CC3)C1C2=O. The molecule has 2 saturated heterocycles. The Morgan fingerprint density at radius 3 is 2.68 bits per heavy atom. The summed E-state index contributed by atoms with van der Waals surface area (Å²) in [6.07, 6.45) is 25.5. The highest BCUT2D eigenvalue weighted by Gasteiger charge is 2.87. The van der Waals surface area contributed by atoms with E-state index in [9.17, 15) is 9.90 Å². The normalized spacial score (nSPS) is 40.7. The summed E-state index contributed by atoms with van der Waals surface area (Å²) >= 11 is 0. The Balaban J connectivity index is 1.14. The Kier molecular flexibility index (Phi) is 13.2. The second-order valence-corrected chi connectivity index (χ2v) is 18.8. The van der Waals surface area contributed by atoms with Gasteiger partial charge in [-0.3, -0.25) is 14.9 Å². The predicted octanol–water partition coefficient (Wildman–Crippen LogP) is 5.68. The van der Waals surface area contributed by atoms with Crippen molar-refractivity contribution in [3.8, 4) is 0 Å². The first-order valence-electron chi connectivity index (χ1n) is 22.2. The van der Waals surface area contributed by atoms with Crippen molar-refractivity contribution in [3.63, 3.8) is 0 Å². The Hall–Kier alpha value is -2.47. The van der Waals surface area contributed by atoms with Crippen LogP contribution < -0.4 is 21.3 Å². The van der Waals surface area contributed by atoms with Crippen molar-refractivity contribution in [2.75, 3.05) is 40.0 Å². The topological polar surface area (TPSA) is 141 Å². The molecule has 310 valence electrons. The number of piperidine rings is 1. The van der Waals surface area contributed by atoms with Gasteiger partial charge in [0.25, 0.3) is 5.60 Å². The summed E-state index contributed by atoms with van der Waals surface area (Å²) in [5, 5.41) is 24.7. The zero-order chi connectivity index (χ0) is 39.5. The number of carbonyl (C=O) groups is 3. The Bertz CT molecular complexity index is 1570. The third kappa shape index (κ3) is 8.22. The van der Waals surface area contributed by atoms with E-state index in [0.29, 0.717) is 29.7 Å². The zero-order valence-corrected chi connectivity index (χ0v) is 34.6. The lowest BCUT2D eigenvalue weighted by Gasteiger charge is -2.44. The van der Waals surface area contributed by atoms with Crippen LogP contribution in [0.4, 0.5) is 0 Å². The van der Waals surface area contributed by atoms with Crippen molar-refractivity contribution in [3.05, 3.63) is 47.6 Å². The van der Waals surface area contributed by atoms with E-state index in [1.54, 1.807) is 0 Å². The number of nitrogens with one attached hydrogen (secondary N) is 4. The lowest BCUT2D eigenvalue weighted by molar-refractivity contribution is -0.161. The number of fused-ring (bicyclic) bond motifs is 3. The number of ether oxygens (including phenoxy) is 2. The second-order valence-electron chi connectivity index (χ2n) is 18.8. The van der Waals surface area contributed by atoms with Gasteiger partial charge in [0.15, 0.2) is 17.2 Å². The van der Waals surface area contributed by atoms with Gasteiger partial charge in [0, 0.05) is 36.9 Å². The monoisotopic (exact) mass is 775 g/mol. The van der Waals surface area contributed by atoms with Gasteiger partial charge < -0.3 is 30.5 Å². The number of allylic oxidation sites excluding steroid dienone is 7. The number of ketones is 2. The van der Waals surface area contributed by atoms with E-state index in [-0.39, 0.29) is 60.7 Å². The van der Waals surface area contributed by atoms with E-state index in [1.807, 2.05) is 14.0 Å². The summed E-state index contributed by atoms with van der Waals surface area (Å²) < 4.78 is 12.8. The van der Waals surface area contributed by atoms with Crippen molar-refractivity contribution < 1.29 is 29.0 Å². The lowest BCUT2D eigenvalue weighted by atomic mass is 9.55. The Morgan fingerprint density at radius 1 is 1.05 bits per heavy atom. The first-order chi connectivity index (χ1) is 27.1. The van der Waals surface area contributed by atoms with Crippen molar-refractivity contribution in [1.82, 2.24) is 21.3 Å². The van der Waals surface area contributed by atoms with Crippen molar-refractivity contribution in [1.29, 1.82) is 0 Å². The summed E-state index contributed by atoms with van der Waals surface area (Å²) in [6, 6.07) is 0.203. The number of carbonyl (C=O) groups excluding carboxylic acids is 3. The van der Waals surface area contributed by atoms with Gasteiger partial charge in [0.2, 0.25) is 0 Å². The van der Waals surface area contributed by atoms with Crippen LogP contribution in [0, 0.1) is 46.8 Å². The number of hydrogen-bond acceptors (Lipinski definition) is 10. The summed E-state index contributed by atoms with van der Waals surface area (Å²) in [6.45, 7) is 8.83. The number of aliphatic hydroxyl groups is 1. The summed E-state index contributed by atoms with van der Waals surface area (Å²) in [7, 11) is 1.93. The number of epoxide rings is 1. The van der Waals surface area contributed by atoms with Crippen LogP contribution in [0.5, 0.6) is 0 Å². The minimum atomic E-state index is -1.97. The minimum Gasteiger partial charge on any atom is -0.463 e. The Labute approximate surface area is 335 Å². The molecule has 0 radical (unpaired) electrons. The van der Waals surface area contributed by atoms with E-state index in [4.69, 9.17) is 9.47 Å². The highest BCUT2D eigenvalue weighted by molar-refractivity contribution is 6.23. The summed E-state index contributed by atoms with van der Waals surface area (Å²) in [4.78, 5) is 45.0. The fourth-order valence-electron chi connectivity index (χ4n) is 11.9. The zero-order valence-electron chi connectivity index (χ0n) is 34.6. The van der Waals surface area contributed by atoms with Gasteiger partial charge in [-0.15, -0.1) is 0 Å². The lowest BCUT2D eigenvalue weighted by Crippen LogP contribution is -2.60. The Morgan fingerprint density at radius 2 is 1.91 bits per heavy atom. The van der Waals surface area contributed by atoms with Gasteiger partial charge in [-0.2, -0.15) is 0 Å². The molecule has 0 bridgehead atoms. The molecule has 3 saturated carbocycles. The van der Waals surface area contributed by atoms with Crippen LogP contribution in [0.25, 0.3) is 0 Å². The molecule has 7 aliphatic rings. The largest absolute Gasteiger partial charge is 0.463 e. The maximum atomic E-state index is 15.2. The molecule has 0 amide bonds. The average Bonchev–Trinajstić information content (AvgIpc) is 3.91. The van der Waals surface area contributed by atoms with E-state index in [0.717, 1.165) is 102 Å². The molecule has 10 nitrogen and oxygen atoms in total. The van der Waals surface area contributed by atoms with Crippen LogP contribution >= 0.6 is 0 Å². The number of aliphatic hydroxyl groups excluding tert-OH is 1. The molecule has 56 heavy (non-hydrogen) atoms. The molecule has 12 unspecified atom stereocenters. The third-order valence-corrected chi connectivity index (χ3v) is 15.1. The second kappa shape index (κ2) is 17.8. The van der Waals surface area contributed by atoms with Crippen molar-refractivity contribution in [2.45, 2.75) is 134 Å². The molecule has 2 heterocycles. The fourth-order valence-corrected chi connectivity index (χ4v) is 11.9.